The highest BCUT2D eigenvalue weighted by molar-refractivity contribution is 5.67. The van der Waals surface area contributed by atoms with Gasteiger partial charge in [0.05, 0.1) is 18.4 Å². The summed E-state index contributed by atoms with van der Waals surface area (Å²) in [5.41, 5.74) is 0.00428. The monoisotopic (exact) mass is 446 g/mol. The highest BCUT2D eigenvalue weighted by atomic mass is 19.4. The van der Waals surface area contributed by atoms with E-state index in [-0.39, 0.29) is 17.9 Å². The average molecular weight is 446 g/mol. The molecule has 9 heteroatoms. The number of hydrogen-bond donors (Lipinski definition) is 2. The van der Waals surface area contributed by atoms with Crippen molar-refractivity contribution in [2.45, 2.75) is 39.5 Å². The number of aromatic nitrogens is 2. The Morgan fingerprint density at radius 2 is 1.72 bits per heavy atom. The number of nitrogens with zero attached hydrogens (tertiary/aromatic N) is 2. The Hall–Kier alpha value is -3.49. The largest absolute Gasteiger partial charge is 0.492 e. The van der Waals surface area contributed by atoms with Gasteiger partial charge in [-0.2, -0.15) is 18.2 Å². The predicted molar refractivity (Wildman–Crippen MR) is 118 cm³/mol. The zero-order valence-corrected chi connectivity index (χ0v) is 18.0. The Bertz CT molecular complexity index is 1030. The minimum absolute atomic E-state index is 0.0185. The van der Waals surface area contributed by atoms with Crippen LogP contribution in [0.15, 0.2) is 54.7 Å². The van der Waals surface area contributed by atoms with E-state index in [1.54, 1.807) is 55.5 Å². The van der Waals surface area contributed by atoms with E-state index in [2.05, 4.69) is 20.6 Å². The van der Waals surface area contributed by atoms with E-state index in [1.165, 1.54) is 0 Å². The van der Waals surface area contributed by atoms with Gasteiger partial charge in [-0.15, -0.1) is 0 Å². The summed E-state index contributed by atoms with van der Waals surface area (Å²) in [7, 11) is 0. The number of ether oxygens (including phenoxy) is 2. The first-order valence-corrected chi connectivity index (χ1v) is 10.3. The third kappa shape index (κ3) is 6.03. The normalized spacial score (nSPS) is 12.2. The van der Waals surface area contributed by atoms with Gasteiger partial charge in [-0.25, -0.2) is 4.98 Å². The molecule has 0 bridgehead atoms. The fourth-order valence-corrected chi connectivity index (χ4v) is 2.79. The maximum Gasteiger partial charge on any atom is 0.421 e. The summed E-state index contributed by atoms with van der Waals surface area (Å²) in [5, 5.41) is 5.67. The van der Waals surface area contributed by atoms with Gasteiger partial charge in [-0.1, -0.05) is 19.1 Å². The van der Waals surface area contributed by atoms with Crippen molar-refractivity contribution in [3.63, 3.8) is 0 Å². The lowest BCUT2D eigenvalue weighted by Gasteiger charge is -2.17. The second-order valence-electron chi connectivity index (χ2n) is 6.99. The molecule has 3 aromatic rings. The Morgan fingerprint density at radius 1 is 1.00 bits per heavy atom. The molecule has 1 atom stereocenters. The van der Waals surface area contributed by atoms with Crippen LogP contribution in [0.5, 0.6) is 11.5 Å². The van der Waals surface area contributed by atoms with Crippen LogP contribution in [-0.4, -0.2) is 22.7 Å². The van der Waals surface area contributed by atoms with Crippen molar-refractivity contribution in [2.75, 3.05) is 17.2 Å². The number of hydrogen-bond acceptors (Lipinski definition) is 6. The van der Waals surface area contributed by atoms with Crippen LogP contribution in [0, 0.1) is 0 Å². The SMILES string of the molecule is CCOc1ccccc1Nc1nc(Nc2ccc(OC(C)CC)cc2)ncc1C(F)(F)F. The number of rotatable bonds is 9. The topological polar surface area (TPSA) is 68.3 Å². The molecule has 32 heavy (non-hydrogen) atoms. The quantitative estimate of drug-likeness (QED) is 0.388. The van der Waals surface area contributed by atoms with E-state index in [9.17, 15) is 13.2 Å². The molecule has 2 aromatic carbocycles. The molecule has 0 aliphatic rings. The lowest BCUT2D eigenvalue weighted by molar-refractivity contribution is -0.137. The number of para-hydroxylation sites is 2. The Kier molecular flexibility index (Phi) is 7.40. The molecule has 0 saturated heterocycles. The highest BCUT2D eigenvalue weighted by Gasteiger charge is 2.35. The summed E-state index contributed by atoms with van der Waals surface area (Å²) in [4.78, 5) is 7.92. The fraction of sp³-hybridized carbons (Fsp3) is 0.304. The van der Waals surface area contributed by atoms with E-state index in [4.69, 9.17) is 9.47 Å². The van der Waals surface area contributed by atoms with E-state index in [0.717, 1.165) is 12.6 Å². The zero-order chi connectivity index (χ0) is 23.1. The van der Waals surface area contributed by atoms with E-state index in [0.29, 0.717) is 29.5 Å². The van der Waals surface area contributed by atoms with Crippen LogP contribution in [0.1, 0.15) is 32.8 Å². The second kappa shape index (κ2) is 10.2. The summed E-state index contributed by atoms with van der Waals surface area (Å²) in [6.07, 6.45) is -2.92. The molecule has 3 rings (SSSR count). The van der Waals surface area contributed by atoms with Crippen LogP contribution in [0.2, 0.25) is 0 Å². The Labute approximate surface area is 184 Å². The van der Waals surface area contributed by atoms with Crippen molar-refractivity contribution in [3.8, 4) is 11.5 Å². The lowest BCUT2D eigenvalue weighted by atomic mass is 10.2. The summed E-state index contributed by atoms with van der Waals surface area (Å²) in [6, 6.07) is 13.8. The lowest BCUT2D eigenvalue weighted by Crippen LogP contribution is -2.13. The van der Waals surface area contributed by atoms with Gasteiger partial charge < -0.3 is 20.1 Å². The molecule has 6 nitrogen and oxygen atoms in total. The molecule has 2 N–H and O–H groups in total. The van der Waals surface area contributed by atoms with Gasteiger partial charge in [0.15, 0.2) is 0 Å². The first-order chi connectivity index (χ1) is 15.3. The second-order valence-corrected chi connectivity index (χ2v) is 6.99. The fourth-order valence-electron chi connectivity index (χ4n) is 2.79. The van der Waals surface area contributed by atoms with Crippen molar-refractivity contribution >= 4 is 23.1 Å². The standard InChI is InChI=1S/C23H25F3N4O2/c1-4-15(3)32-17-12-10-16(11-13-17)28-22-27-14-18(23(24,25)26)21(30-22)29-19-8-6-7-9-20(19)31-5-2/h6-15H,4-5H2,1-3H3,(H2,27,28,29,30). The molecule has 0 spiro atoms. The van der Waals surface area contributed by atoms with Gasteiger partial charge in [0.25, 0.3) is 0 Å². The number of alkyl halides is 3. The average Bonchev–Trinajstić information content (AvgIpc) is 2.76. The molecule has 170 valence electrons. The van der Waals surface area contributed by atoms with Crippen molar-refractivity contribution in [1.29, 1.82) is 0 Å². The summed E-state index contributed by atoms with van der Waals surface area (Å²) < 4.78 is 51.9. The van der Waals surface area contributed by atoms with Gasteiger partial charge in [0.1, 0.15) is 22.9 Å². The summed E-state index contributed by atoms with van der Waals surface area (Å²) in [5.74, 6) is 0.769. The Balaban J connectivity index is 1.86. The van der Waals surface area contributed by atoms with Gasteiger partial charge in [-0.3, -0.25) is 0 Å². The molecular formula is C23H25F3N4O2. The van der Waals surface area contributed by atoms with Crippen LogP contribution in [0.4, 0.5) is 36.3 Å². The van der Waals surface area contributed by atoms with Gasteiger partial charge in [0.2, 0.25) is 5.95 Å². The van der Waals surface area contributed by atoms with Crippen LogP contribution >= 0.6 is 0 Å². The van der Waals surface area contributed by atoms with Crippen LogP contribution in [-0.2, 0) is 6.18 Å². The molecule has 0 amide bonds. The van der Waals surface area contributed by atoms with Gasteiger partial charge >= 0.3 is 6.18 Å². The molecule has 1 heterocycles. The van der Waals surface area contributed by atoms with Crippen molar-refractivity contribution in [2.24, 2.45) is 0 Å². The number of nitrogens with one attached hydrogen (secondary N) is 2. The number of halogens is 3. The molecular weight excluding hydrogens is 421 g/mol. The van der Waals surface area contributed by atoms with Gasteiger partial charge in [0, 0.05) is 11.9 Å². The first-order valence-electron chi connectivity index (χ1n) is 10.3. The van der Waals surface area contributed by atoms with Crippen LogP contribution < -0.4 is 20.1 Å². The van der Waals surface area contributed by atoms with E-state index >= 15 is 0 Å². The van der Waals surface area contributed by atoms with Crippen LogP contribution in [0.3, 0.4) is 0 Å². The third-order valence-electron chi connectivity index (χ3n) is 4.56. The molecule has 0 aliphatic carbocycles. The predicted octanol–water partition coefficient (Wildman–Crippen LogP) is 6.56. The molecule has 0 aliphatic heterocycles. The molecule has 0 radical (unpaired) electrons. The molecule has 0 fully saturated rings. The molecule has 1 aromatic heterocycles. The number of benzene rings is 2. The van der Waals surface area contributed by atoms with Crippen LogP contribution in [0.25, 0.3) is 0 Å². The van der Waals surface area contributed by atoms with Crippen molar-refractivity contribution < 1.29 is 22.6 Å². The van der Waals surface area contributed by atoms with E-state index in [1.807, 2.05) is 13.8 Å². The minimum atomic E-state index is -4.63. The molecule has 1 unspecified atom stereocenters. The highest BCUT2D eigenvalue weighted by Crippen LogP contribution is 2.37. The summed E-state index contributed by atoms with van der Waals surface area (Å²) >= 11 is 0. The maximum absolute atomic E-state index is 13.6. The Morgan fingerprint density at radius 3 is 2.38 bits per heavy atom. The molecule has 0 saturated carbocycles. The minimum Gasteiger partial charge on any atom is -0.492 e. The van der Waals surface area contributed by atoms with Crippen molar-refractivity contribution in [3.05, 3.63) is 60.3 Å². The zero-order valence-electron chi connectivity index (χ0n) is 18.0. The van der Waals surface area contributed by atoms with Gasteiger partial charge in [-0.05, 0) is 56.7 Å². The summed E-state index contributed by atoms with van der Waals surface area (Å²) in [6.45, 7) is 6.17. The smallest absolute Gasteiger partial charge is 0.421 e. The first kappa shape index (κ1) is 23.2. The third-order valence-corrected chi connectivity index (χ3v) is 4.56. The van der Waals surface area contributed by atoms with Crippen molar-refractivity contribution in [1.82, 2.24) is 9.97 Å². The maximum atomic E-state index is 13.6. The van der Waals surface area contributed by atoms with E-state index < -0.39 is 11.7 Å². The number of anilines is 4.